The Morgan fingerprint density at radius 1 is 1.32 bits per heavy atom. The molecule has 1 aromatic rings. The summed E-state index contributed by atoms with van der Waals surface area (Å²) in [5, 5.41) is 22.3. The summed E-state index contributed by atoms with van der Waals surface area (Å²) < 4.78 is 0. The van der Waals surface area contributed by atoms with E-state index in [1.54, 1.807) is 12.1 Å². The molecule has 0 aliphatic heterocycles. The maximum absolute atomic E-state index is 10.1. The molecule has 19 heavy (non-hydrogen) atoms. The maximum Gasteiger partial charge on any atom is 0.0991 e. The van der Waals surface area contributed by atoms with Gasteiger partial charge in [0, 0.05) is 12.6 Å². The van der Waals surface area contributed by atoms with Crippen LogP contribution >= 0.6 is 0 Å². The second kappa shape index (κ2) is 6.70. The predicted octanol–water partition coefficient (Wildman–Crippen LogP) is 2.76. The Kier molecular flexibility index (Phi) is 4.95. The first-order chi connectivity index (χ1) is 9.20. The predicted molar refractivity (Wildman–Crippen MR) is 75.5 cm³/mol. The molecule has 0 spiro atoms. The van der Waals surface area contributed by atoms with E-state index in [0.29, 0.717) is 18.2 Å². The van der Waals surface area contributed by atoms with Crippen LogP contribution in [-0.2, 0) is 0 Å². The highest BCUT2D eigenvalue weighted by atomic mass is 16.3. The third-order valence-corrected chi connectivity index (χ3v) is 4.16. The minimum atomic E-state index is -0.503. The van der Waals surface area contributed by atoms with Gasteiger partial charge in [-0.05, 0) is 43.4 Å². The van der Waals surface area contributed by atoms with Gasteiger partial charge in [-0.15, -0.1) is 0 Å². The Bertz CT molecular complexity index is 429. The Morgan fingerprint density at radius 2 is 1.95 bits per heavy atom. The first-order valence-corrected chi connectivity index (χ1v) is 7.12. The van der Waals surface area contributed by atoms with Gasteiger partial charge in [-0.2, -0.15) is 5.26 Å². The van der Waals surface area contributed by atoms with Crippen molar-refractivity contribution in [3.63, 3.8) is 0 Å². The van der Waals surface area contributed by atoms with Crippen molar-refractivity contribution in [2.24, 2.45) is 5.92 Å². The van der Waals surface area contributed by atoms with Gasteiger partial charge in [0.2, 0.25) is 0 Å². The summed E-state index contributed by atoms with van der Waals surface area (Å²) in [6, 6.07) is 9.70. The van der Waals surface area contributed by atoms with Gasteiger partial charge in [-0.1, -0.05) is 25.0 Å². The van der Waals surface area contributed by atoms with Crippen LogP contribution in [0.4, 0.5) is 0 Å². The fraction of sp³-hybridized carbons (Fsp3) is 0.562. The molecule has 0 saturated heterocycles. The monoisotopic (exact) mass is 258 g/mol. The van der Waals surface area contributed by atoms with Crippen LogP contribution in [0.1, 0.15) is 49.8 Å². The zero-order chi connectivity index (χ0) is 13.7. The molecule has 102 valence electrons. The smallest absolute Gasteiger partial charge is 0.0991 e. The van der Waals surface area contributed by atoms with E-state index in [9.17, 15) is 5.11 Å². The second-order valence-electron chi connectivity index (χ2n) is 5.49. The van der Waals surface area contributed by atoms with Crippen LogP contribution in [0.3, 0.4) is 0 Å². The minimum Gasteiger partial charge on any atom is -0.387 e. The van der Waals surface area contributed by atoms with Gasteiger partial charge in [0.25, 0.3) is 0 Å². The van der Waals surface area contributed by atoms with Gasteiger partial charge in [-0.3, -0.25) is 0 Å². The first kappa shape index (κ1) is 14.0. The van der Waals surface area contributed by atoms with Crippen LogP contribution in [0.25, 0.3) is 0 Å². The standard InChI is InChI=1S/C16H22N2O/c1-12(14-4-2-3-5-14)18-11-16(19)15-8-6-13(10-17)7-9-15/h6-9,12,14,16,18-19H,2-5,11H2,1H3/t12-,16?/m1/s1. The molecule has 1 aliphatic carbocycles. The Balaban J connectivity index is 1.82. The van der Waals surface area contributed by atoms with E-state index in [4.69, 9.17) is 5.26 Å². The number of hydrogen-bond acceptors (Lipinski definition) is 3. The summed E-state index contributed by atoms with van der Waals surface area (Å²) in [5.74, 6) is 0.758. The molecular weight excluding hydrogens is 236 g/mol. The third kappa shape index (κ3) is 3.79. The summed E-state index contributed by atoms with van der Waals surface area (Å²) in [5.41, 5.74) is 1.49. The van der Waals surface area contributed by atoms with E-state index >= 15 is 0 Å². The highest BCUT2D eigenvalue weighted by molar-refractivity contribution is 5.32. The van der Waals surface area contributed by atoms with Crippen LogP contribution in [0, 0.1) is 17.2 Å². The van der Waals surface area contributed by atoms with Crippen LogP contribution in [0.2, 0.25) is 0 Å². The van der Waals surface area contributed by atoms with Gasteiger partial charge < -0.3 is 10.4 Å². The molecular formula is C16H22N2O. The average molecular weight is 258 g/mol. The normalized spacial score (nSPS) is 19.0. The number of nitriles is 1. The second-order valence-corrected chi connectivity index (χ2v) is 5.49. The van der Waals surface area contributed by atoms with Crippen molar-refractivity contribution in [3.8, 4) is 6.07 Å². The lowest BCUT2D eigenvalue weighted by Crippen LogP contribution is -2.35. The molecule has 0 aromatic heterocycles. The van der Waals surface area contributed by atoms with E-state index in [1.165, 1.54) is 25.7 Å². The molecule has 1 saturated carbocycles. The van der Waals surface area contributed by atoms with E-state index in [1.807, 2.05) is 12.1 Å². The number of aliphatic hydroxyl groups is 1. The molecule has 1 aliphatic rings. The number of nitrogens with one attached hydrogen (secondary N) is 1. The largest absolute Gasteiger partial charge is 0.387 e. The molecule has 0 bridgehead atoms. The summed E-state index contributed by atoms with van der Waals surface area (Å²) in [4.78, 5) is 0. The SMILES string of the molecule is C[C@@H](NCC(O)c1ccc(C#N)cc1)C1CCCC1. The molecule has 3 heteroatoms. The van der Waals surface area contributed by atoms with Gasteiger partial charge in [0.15, 0.2) is 0 Å². The van der Waals surface area contributed by atoms with Gasteiger partial charge >= 0.3 is 0 Å². The fourth-order valence-electron chi connectivity index (χ4n) is 2.82. The van der Waals surface area contributed by atoms with E-state index in [-0.39, 0.29) is 0 Å². The maximum atomic E-state index is 10.1. The highest BCUT2D eigenvalue weighted by Crippen LogP contribution is 2.27. The fourth-order valence-corrected chi connectivity index (χ4v) is 2.82. The average Bonchev–Trinajstić information content (AvgIpc) is 2.98. The molecule has 1 aromatic carbocycles. The van der Waals surface area contributed by atoms with Crippen molar-refractivity contribution < 1.29 is 5.11 Å². The number of rotatable bonds is 5. The minimum absolute atomic E-state index is 0.468. The topological polar surface area (TPSA) is 56.0 Å². The molecule has 2 atom stereocenters. The number of benzene rings is 1. The van der Waals surface area contributed by atoms with E-state index in [2.05, 4.69) is 18.3 Å². The Labute approximate surface area is 115 Å². The van der Waals surface area contributed by atoms with Crippen molar-refractivity contribution >= 4 is 0 Å². The quantitative estimate of drug-likeness (QED) is 0.854. The molecule has 1 fully saturated rings. The zero-order valence-electron chi connectivity index (χ0n) is 11.5. The lowest BCUT2D eigenvalue weighted by Gasteiger charge is -2.22. The summed E-state index contributed by atoms with van der Waals surface area (Å²) >= 11 is 0. The van der Waals surface area contributed by atoms with Crippen LogP contribution in [-0.4, -0.2) is 17.7 Å². The number of hydrogen-bond donors (Lipinski definition) is 2. The molecule has 1 unspecified atom stereocenters. The molecule has 3 nitrogen and oxygen atoms in total. The van der Waals surface area contributed by atoms with Crippen molar-refractivity contribution in [3.05, 3.63) is 35.4 Å². The van der Waals surface area contributed by atoms with E-state index in [0.717, 1.165) is 11.5 Å². The lowest BCUT2D eigenvalue weighted by atomic mass is 9.99. The Hall–Kier alpha value is -1.37. The molecule has 0 radical (unpaired) electrons. The number of aliphatic hydroxyl groups excluding tert-OH is 1. The van der Waals surface area contributed by atoms with E-state index < -0.39 is 6.10 Å². The van der Waals surface area contributed by atoms with Crippen molar-refractivity contribution in [2.45, 2.75) is 44.8 Å². The first-order valence-electron chi connectivity index (χ1n) is 7.12. The third-order valence-electron chi connectivity index (χ3n) is 4.16. The van der Waals surface area contributed by atoms with Crippen LogP contribution in [0.5, 0.6) is 0 Å². The number of nitrogens with zero attached hydrogens (tertiary/aromatic N) is 1. The van der Waals surface area contributed by atoms with Gasteiger partial charge in [-0.25, -0.2) is 0 Å². The molecule has 2 rings (SSSR count). The summed E-state index contributed by atoms with van der Waals surface area (Å²) in [6.07, 6.45) is 4.79. The van der Waals surface area contributed by atoms with Crippen molar-refractivity contribution in [1.29, 1.82) is 5.26 Å². The molecule has 2 N–H and O–H groups in total. The van der Waals surface area contributed by atoms with Crippen LogP contribution in [0.15, 0.2) is 24.3 Å². The summed E-state index contributed by atoms with van der Waals surface area (Å²) in [6.45, 7) is 2.78. The van der Waals surface area contributed by atoms with Crippen LogP contribution < -0.4 is 5.32 Å². The van der Waals surface area contributed by atoms with Gasteiger partial charge in [0.1, 0.15) is 0 Å². The lowest BCUT2D eigenvalue weighted by molar-refractivity contribution is 0.165. The van der Waals surface area contributed by atoms with Gasteiger partial charge in [0.05, 0.1) is 17.7 Å². The van der Waals surface area contributed by atoms with Crippen molar-refractivity contribution in [2.75, 3.05) is 6.54 Å². The van der Waals surface area contributed by atoms with Crippen molar-refractivity contribution in [1.82, 2.24) is 5.32 Å². The summed E-state index contributed by atoms with van der Waals surface area (Å²) in [7, 11) is 0. The zero-order valence-corrected chi connectivity index (χ0v) is 11.5. The molecule has 0 heterocycles. The Morgan fingerprint density at radius 3 is 2.53 bits per heavy atom. The molecule has 0 amide bonds. The highest BCUT2D eigenvalue weighted by Gasteiger charge is 2.21.